The minimum atomic E-state index is -0.930. The average Bonchev–Trinajstić information content (AvgIpc) is 2.95. The van der Waals surface area contributed by atoms with Gasteiger partial charge < -0.3 is 14.6 Å². The molecule has 1 N–H and O–H groups in total. The first-order valence-electron chi connectivity index (χ1n) is 15.1. The van der Waals surface area contributed by atoms with E-state index < -0.39 is 5.97 Å². The van der Waals surface area contributed by atoms with Gasteiger partial charge in [-0.2, -0.15) is 0 Å². The van der Waals surface area contributed by atoms with E-state index in [0.717, 1.165) is 40.2 Å². The van der Waals surface area contributed by atoms with Gasteiger partial charge in [0.25, 0.3) is 0 Å². The van der Waals surface area contributed by atoms with E-state index >= 15 is 0 Å². The van der Waals surface area contributed by atoms with Crippen molar-refractivity contribution in [2.45, 2.75) is 70.8 Å². The van der Waals surface area contributed by atoms with E-state index in [-0.39, 0.29) is 5.41 Å². The Morgan fingerprint density at radius 1 is 0.951 bits per heavy atom. The molecule has 0 unspecified atom stereocenters. The van der Waals surface area contributed by atoms with Crippen molar-refractivity contribution in [3.8, 4) is 22.6 Å². The summed E-state index contributed by atoms with van der Waals surface area (Å²) in [5.74, 6) is 3.12. The number of carbonyl (C=O) groups is 1. The van der Waals surface area contributed by atoms with Gasteiger partial charge in [-0.1, -0.05) is 54.9 Å². The van der Waals surface area contributed by atoms with Gasteiger partial charge in [0.15, 0.2) is 0 Å². The first-order chi connectivity index (χ1) is 19.9. The zero-order chi connectivity index (χ0) is 28.6. The topological polar surface area (TPSA) is 55.8 Å². The van der Waals surface area contributed by atoms with Crippen LogP contribution < -0.4 is 9.47 Å². The summed E-state index contributed by atoms with van der Waals surface area (Å²) in [6, 6.07) is 20.7. The number of hydrogen-bond donors (Lipinski definition) is 1. The molecule has 0 spiro atoms. The van der Waals surface area contributed by atoms with Crippen LogP contribution in [0, 0.1) is 17.8 Å². The van der Waals surface area contributed by atoms with E-state index in [9.17, 15) is 9.90 Å². The lowest BCUT2D eigenvalue weighted by molar-refractivity contribution is -0.132. The lowest BCUT2D eigenvalue weighted by atomic mass is 9.48. The molecule has 4 nitrogen and oxygen atoms in total. The monoisotopic (exact) mass is 570 g/mol. The zero-order valence-electron chi connectivity index (χ0n) is 24.0. The molecule has 4 saturated carbocycles. The minimum Gasteiger partial charge on any atom is -0.493 e. The van der Waals surface area contributed by atoms with E-state index in [0.29, 0.717) is 41.5 Å². The number of carboxylic acid groups (broad SMARTS) is 1. The fourth-order valence-corrected chi connectivity index (χ4v) is 8.38. The number of rotatable bonds is 10. The van der Waals surface area contributed by atoms with E-state index in [1.807, 2.05) is 26.0 Å². The molecule has 214 valence electrons. The molecule has 3 aromatic rings. The number of halogens is 1. The van der Waals surface area contributed by atoms with Gasteiger partial charge in [0, 0.05) is 27.3 Å². The number of hydrogen-bond acceptors (Lipinski definition) is 3. The average molecular weight is 571 g/mol. The van der Waals surface area contributed by atoms with Crippen molar-refractivity contribution in [1.29, 1.82) is 0 Å². The lowest BCUT2D eigenvalue weighted by Crippen LogP contribution is -2.48. The number of benzene rings is 3. The molecule has 0 aliphatic heterocycles. The molecule has 7 rings (SSSR count). The van der Waals surface area contributed by atoms with Crippen LogP contribution in [0.15, 0.2) is 66.2 Å². The molecule has 4 aliphatic rings. The highest BCUT2D eigenvalue weighted by atomic mass is 35.5. The van der Waals surface area contributed by atoms with Crippen LogP contribution in [0.5, 0.6) is 11.5 Å². The summed E-state index contributed by atoms with van der Waals surface area (Å²) in [6.07, 6.45) is 9.91. The maximum Gasteiger partial charge on any atom is 0.331 e. The van der Waals surface area contributed by atoms with Crippen LogP contribution in [0.3, 0.4) is 0 Å². The summed E-state index contributed by atoms with van der Waals surface area (Å²) in [6.45, 7) is 4.79. The second kappa shape index (κ2) is 11.6. The summed E-state index contributed by atoms with van der Waals surface area (Å²) in [4.78, 5) is 11.8. The normalized spacial score (nSPS) is 24.9. The molecule has 4 fully saturated rings. The Hall–Kier alpha value is -3.24. The van der Waals surface area contributed by atoms with Gasteiger partial charge in [-0.3, -0.25) is 0 Å². The van der Waals surface area contributed by atoms with Crippen LogP contribution in [-0.2, 0) is 16.8 Å². The summed E-state index contributed by atoms with van der Waals surface area (Å²) in [5.41, 5.74) is 5.51. The second-order valence-corrected chi connectivity index (χ2v) is 12.8. The Morgan fingerprint density at radius 2 is 1.63 bits per heavy atom. The van der Waals surface area contributed by atoms with Gasteiger partial charge in [-0.15, -0.1) is 0 Å². The quantitative estimate of drug-likeness (QED) is 0.247. The van der Waals surface area contributed by atoms with Crippen molar-refractivity contribution in [3.63, 3.8) is 0 Å². The Morgan fingerprint density at radius 3 is 2.24 bits per heavy atom. The van der Waals surface area contributed by atoms with Crippen molar-refractivity contribution in [1.82, 2.24) is 0 Å². The van der Waals surface area contributed by atoms with Crippen molar-refractivity contribution >= 4 is 23.6 Å². The molecular weight excluding hydrogens is 532 g/mol. The fraction of sp³-hybridized carbons (Fsp3) is 0.417. The van der Waals surface area contributed by atoms with Crippen molar-refractivity contribution in [2.24, 2.45) is 17.8 Å². The molecule has 5 heteroatoms. The van der Waals surface area contributed by atoms with Gasteiger partial charge in [0.1, 0.15) is 18.1 Å². The van der Waals surface area contributed by atoms with Gasteiger partial charge in [0.05, 0.1) is 6.61 Å². The molecular formula is C36H39ClO4. The predicted octanol–water partition coefficient (Wildman–Crippen LogP) is 9.33. The molecule has 0 aromatic heterocycles. The standard InChI is InChI=1S/C36H39ClO4/c1-3-27(35(38)39)15-29-16-30(37)18-31(34(29)40-4-2)28-10-11-33(41-22-23-8-6-5-7-9-23)32(17-28)36-19-24-12-25(20-36)14-26(13-24)21-36/h5-11,15-18,24-26H,3-4,12-14,19-22H2,1-2H3,(H,38,39). The Kier molecular flexibility index (Phi) is 7.87. The molecule has 0 saturated heterocycles. The van der Waals surface area contributed by atoms with Gasteiger partial charge in [0.2, 0.25) is 0 Å². The van der Waals surface area contributed by atoms with Gasteiger partial charge in [-0.05, 0) is 117 Å². The van der Waals surface area contributed by atoms with Crippen molar-refractivity contribution in [3.05, 3.63) is 87.9 Å². The molecule has 0 radical (unpaired) electrons. The molecule has 0 amide bonds. The van der Waals surface area contributed by atoms with E-state index in [4.69, 9.17) is 21.1 Å². The summed E-state index contributed by atoms with van der Waals surface area (Å²) in [7, 11) is 0. The maximum atomic E-state index is 11.8. The first kappa shape index (κ1) is 27.9. The molecule has 4 bridgehead atoms. The summed E-state index contributed by atoms with van der Waals surface area (Å²) < 4.78 is 12.8. The molecule has 3 aromatic carbocycles. The fourth-order valence-electron chi connectivity index (χ4n) is 8.16. The minimum absolute atomic E-state index is 0.128. The van der Waals surface area contributed by atoms with Gasteiger partial charge >= 0.3 is 5.97 Å². The Balaban J connectivity index is 1.47. The SMILES string of the molecule is CCOc1c(C=C(CC)C(=O)O)cc(Cl)cc1-c1ccc(OCc2ccccc2)c(C23CC4CC(CC(C4)C2)C3)c1. The Bertz CT molecular complexity index is 1420. The zero-order valence-corrected chi connectivity index (χ0v) is 24.8. The molecule has 4 aliphatic carbocycles. The maximum absolute atomic E-state index is 11.8. The predicted molar refractivity (Wildman–Crippen MR) is 165 cm³/mol. The van der Waals surface area contributed by atoms with Crippen LogP contribution >= 0.6 is 11.6 Å². The van der Waals surface area contributed by atoms with Crippen LogP contribution in [-0.4, -0.2) is 17.7 Å². The van der Waals surface area contributed by atoms with Crippen LogP contribution in [0.2, 0.25) is 5.02 Å². The van der Waals surface area contributed by atoms with Crippen LogP contribution in [0.1, 0.15) is 75.5 Å². The van der Waals surface area contributed by atoms with E-state index in [2.05, 4.69) is 42.5 Å². The largest absolute Gasteiger partial charge is 0.493 e. The highest BCUT2D eigenvalue weighted by Gasteiger charge is 2.52. The third-order valence-electron chi connectivity index (χ3n) is 9.49. The highest BCUT2D eigenvalue weighted by Crippen LogP contribution is 2.62. The number of carboxylic acids is 1. The molecule has 41 heavy (non-hydrogen) atoms. The van der Waals surface area contributed by atoms with Crippen molar-refractivity contribution in [2.75, 3.05) is 6.61 Å². The summed E-state index contributed by atoms with van der Waals surface area (Å²) >= 11 is 6.67. The van der Waals surface area contributed by atoms with E-state index in [1.54, 1.807) is 12.1 Å². The number of aliphatic carboxylic acids is 1. The van der Waals surface area contributed by atoms with Crippen molar-refractivity contribution < 1.29 is 19.4 Å². The van der Waals surface area contributed by atoms with Crippen LogP contribution in [0.4, 0.5) is 0 Å². The lowest BCUT2D eigenvalue weighted by Gasteiger charge is -2.57. The molecule has 0 atom stereocenters. The second-order valence-electron chi connectivity index (χ2n) is 12.3. The van der Waals surface area contributed by atoms with Crippen LogP contribution in [0.25, 0.3) is 17.2 Å². The smallest absolute Gasteiger partial charge is 0.331 e. The van der Waals surface area contributed by atoms with Gasteiger partial charge in [-0.25, -0.2) is 4.79 Å². The summed E-state index contributed by atoms with van der Waals surface area (Å²) in [5, 5.41) is 10.3. The highest BCUT2D eigenvalue weighted by molar-refractivity contribution is 6.31. The Labute approximate surface area is 248 Å². The molecule has 0 heterocycles. The third kappa shape index (κ3) is 5.64. The number of ether oxygens (including phenoxy) is 2. The third-order valence-corrected chi connectivity index (χ3v) is 9.71. The first-order valence-corrected chi connectivity index (χ1v) is 15.5. The van der Waals surface area contributed by atoms with E-state index in [1.165, 1.54) is 44.1 Å².